The molecule has 0 aliphatic heterocycles. The number of nitrogens with one attached hydrogen (secondary N) is 1. The molecule has 0 aliphatic carbocycles. The third-order valence-electron chi connectivity index (χ3n) is 3.32. The van der Waals surface area contributed by atoms with Crippen LogP contribution in [0.1, 0.15) is 57.2 Å². The van der Waals surface area contributed by atoms with Gasteiger partial charge in [0.25, 0.3) is 0 Å². The largest absolute Gasteiger partial charge is 0.392 e. The number of aliphatic hydroxyl groups excluding tert-OH is 1. The second-order valence-electron chi connectivity index (χ2n) is 5.11. The monoisotopic (exact) mass is 270 g/mol. The zero-order valence-electron chi connectivity index (χ0n) is 11.9. The molecule has 104 valence electrons. The van der Waals surface area contributed by atoms with Crippen molar-refractivity contribution in [2.24, 2.45) is 5.92 Å². The van der Waals surface area contributed by atoms with Crippen molar-refractivity contribution in [1.29, 1.82) is 0 Å². The topological polar surface area (TPSA) is 45.1 Å². The third-order valence-corrected chi connectivity index (χ3v) is 4.51. The first kappa shape index (κ1) is 15.6. The molecule has 0 amide bonds. The molecule has 0 fully saturated rings. The van der Waals surface area contributed by atoms with E-state index in [9.17, 15) is 5.11 Å². The van der Waals surface area contributed by atoms with Gasteiger partial charge in [-0.2, -0.15) is 0 Å². The van der Waals surface area contributed by atoms with Gasteiger partial charge in [-0.05, 0) is 5.92 Å². The van der Waals surface area contributed by atoms with Gasteiger partial charge in [0.2, 0.25) is 0 Å². The molecule has 0 saturated carbocycles. The highest BCUT2D eigenvalue weighted by molar-refractivity contribution is 7.09. The predicted molar refractivity (Wildman–Crippen MR) is 78.0 cm³/mol. The van der Waals surface area contributed by atoms with Gasteiger partial charge in [0, 0.05) is 24.4 Å². The Morgan fingerprint density at radius 1 is 1.33 bits per heavy atom. The Bertz CT molecular complexity index is 334. The van der Waals surface area contributed by atoms with Gasteiger partial charge >= 0.3 is 0 Å². The van der Waals surface area contributed by atoms with E-state index in [-0.39, 0.29) is 6.10 Å². The van der Waals surface area contributed by atoms with Crippen LogP contribution >= 0.6 is 11.3 Å². The molecule has 0 spiro atoms. The van der Waals surface area contributed by atoms with Crippen LogP contribution in [0, 0.1) is 5.92 Å². The zero-order valence-corrected chi connectivity index (χ0v) is 12.8. The van der Waals surface area contributed by atoms with E-state index in [2.05, 4.69) is 43.4 Å². The van der Waals surface area contributed by atoms with Gasteiger partial charge in [-0.3, -0.25) is 0 Å². The minimum atomic E-state index is -0.247. The van der Waals surface area contributed by atoms with Crippen LogP contribution in [0.2, 0.25) is 0 Å². The summed E-state index contributed by atoms with van der Waals surface area (Å²) in [6, 6.07) is 0. The van der Waals surface area contributed by atoms with Crippen molar-refractivity contribution in [2.45, 2.75) is 59.1 Å². The van der Waals surface area contributed by atoms with E-state index in [1.165, 1.54) is 5.01 Å². The van der Waals surface area contributed by atoms with E-state index in [0.29, 0.717) is 18.4 Å². The lowest BCUT2D eigenvalue weighted by Gasteiger charge is -2.20. The Kier molecular flexibility index (Phi) is 6.82. The van der Waals surface area contributed by atoms with Crippen LogP contribution in [0.3, 0.4) is 0 Å². The molecule has 1 atom stereocenters. The minimum Gasteiger partial charge on any atom is -0.392 e. The Hall–Kier alpha value is -0.450. The summed E-state index contributed by atoms with van der Waals surface area (Å²) in [6.07, 6.45) is 1.82. The molecular formula is C14H26N2OS. The molecule has 1 unspecified atom stereocenters. The number of thiazole rings is 1. The number of rotatable bonds is 8. The molecule has 1 aromatic rings. The second kappa shape index (κ2) is 7.87. The Morgan fingerprint density at radius 2 is 2.00 bits per heavy atom. The first-order valence-corrected chi connectivity index (χ1v) is 7.79. The molecule has 3 nitrogen and oxygen atoms in total. The van der Waals surface area contributed by atoms with Gasteiger partial charge < -0.3 is 10.4 Å². The van der Waals surface area contributed by atoms with E-state index in [4.69, 9.17) is 0 Å². The summed E-state index contributed by atoms with van der Waals surface area (Å²) in [5.74, 6) is 0.901. The van der Waals surface area contributed by atoms with E-state index in [1.807, 2.05) is 0 Å². The molecule has 0 aliphatic rings. The van der Waals surface area contributed by atoms with Crippen LogP contribution in [0.4, 0.5) is 0 Å². The average Bonchev–Trinajstić information content (AvgIpc) is 2.79. The van der Waals surface area contributed by atoms with Gasteiger partial charge in [-0.25, -0.2) is 4.98 Å². The standard InChI is InChI=1S/C14H26N2OS/c1-5-11(6-2)13(17)8-15-7-12-9-18-14(16-12)10(3)4/h9-11,13,15,17H,5-8H2,1-4H3. The highest BCUT2D eigenvalue weighted by Crippen LogP contribution is 2.19. The Labute approximate surface area is 115 Å². The molecule has 18 heavy (non-hydrogen) atoms. The maximum absolute atomic E-state index is 10.0. The van der Waals surface area contributed by atoms with Crippen molar-refractivity contribution in [2.75, 3.05) is 6.54 Å². The van der Waals surface area contributed by atoms with Gasteiger partial charge in [-0.15, -0.1) is 11.3 Å². The highest BCUT2D eigenvalue weighted by Gasteiger charge is 2.14. The third kappa shape index (κ3) is 4.67. The van der Waals surface area contributed by atoms with Crippen molar-refractivity contribution in [3.63, 3.8) is 0 Å². The van der Waals surface area contributed by atoms with Crippen LogP contribution in [0.15, 0.2) is 5.38 Å². The summed E-state index contributed by atoms with van der Waals surface area (Å²) in [7, 11) is 0. The van der Waals surface area contributed by atoms with Gasteiger partial charge in [-0.1, -0.05) is 40.5 Å². The zero-order chi connectivity index (χ0) is 13.5. The van der Waals surface area contributed by atoms with E-state index in [0.717, 1.165) is 25.1 Å². The molecule has 2 N–H and O–H groups in total. The smallest absolute Gasteiger partial charge is 0.0954 e. The first-order valence-electron chi connectivity index (χ1n) is 6.91. The first-order chi connectivity index (χ1) is 8.58. The summed E-state index contributed by atoms with van der Waals surface area (Å²) >= 11 is 1.72. The lowest BCUT2D eigenvalue weighted by Crippen LogP contribution is -2.32. The summed E-state index contributed by atoms with van der Waals surface area (Å²) in [4.78, 5) is 4.57. The summed E-state index contributed by atoms with van der Waals surface area (Å²) in [5, 5.41) is 16.6. The molecule has 1 rings (SSSR count). The van der Waals surface area contributed by atoms with Gasteiger partial charge in [0.15, 0.2) is 0 Å². The number of aliphatic hydroxyl groups is 1. The van der Waals surface area contributed by atoms with Crippen molar-refractivity contribution in [1.82, 2.24) is 10.3 Å². The van der Waals surface area contributed by atoms with Crippen LogP contribution in [0.5, 0.6) is 0 Å². The molecule has 4 heteroatoms. The SMILES string of the molecule is CCC(CC)C(O)CNCc1csc(C(C)C)n1. The molecule has 0 saturated heterocycles. The molecule has 0 aromatic carbocycles. The molecule has 1 heterocycles. The number of nitrogens with zero attached hydrogens (tertiary/aromatic N) is 1. The predicted octanol–water partition coefficient (Wildman–Crippen LogP) is 3.15. The van der Waals surface area contributed by atoms with Crippen LogP contribution in [-0.4, -0.2) is 22.7 Å². The summed E-state index contributed by atoms with van der Waals surface area (Å²) < 4.78 is 0. The van der Waals surface area contributed by atoms with Crippen LogP contribution in [0.25, 0.3) is 0 Å². The van der Waals surface area contributed by atoms with Gasteiger partial charge in [0.1, 0.15) is 0 Å². The fraction of sp³-hybridized carbons (Fsp3) is 0.786. The van der Waals surface area contributed by atoms with Crippen molar-refractivity contribution >= 4 is 11.3 Å². The fourth-order valence-electron chi connectivity index (χ4n) is 2.02. The van der Waals surface area contributed by atoms with Crippen molar-refractivity contribution in [3.05, 3.63) is 16.1 Å². The number of aromatic nitrogens is 1. The van der Waals surface area contributed by atoms with Crippen molar-refractivity contribution < 1.29 is 5.11 Å². The molecule has 0 bridgehead atoms. The molecular weight excluding hydrogens is 244 g/mol. The summed E-state index contributed by atoms with van der Waals surface area (Å²) in [5.41, 5.74) is 1.08. The maximum atomic E-state index is 10.0. The Balaban J connectivity index is 2.32. The average molecular weight is 270 g/mol. The van der Waals surface area contributed by atoms with Crippen LogP contribution in [-0.2, 0) is 6.54 Å². The van der Waals surface area contributed by atoms with E-state index >= 15 is 0 Å². The second-order valence-corrected chi connectivity index (χ2v) is 6.00. The van der Waals surface area contributed by atoms with E-state index < -0.39 is 0 Å². The number of hydrogen-bond acceptors (Lipinski definition) is 4. The minimum absolute atomic E-state index is 0.247. The van der Waals surface area contributed by atoms with Crippen molar-refractivity contribution in [3.8, 4) is 0 Å². The normalized spacial score (nSPS) is 13.5. The molecule has 0 radical (unpaired) electrons. The fourth-order valence-corrected chi connectivity index (χ4v) is 2.85. The lowest BCUT2D eigenvalue weighted by molar-refractivity contribution is 0.101. The molecule has 1 aromatic heterocycles. The maximum Gasteiger partial charge on any atom is 0.0954 e. The van der Waals surface area contributed by atoms with Crippen LogP contribution < -0.4 is 5.32 Å². The lowest BCUT2D eigenvalue weighted by atomic mass is 9.96. The highest BCUT2D eigenvalue weighted by atomic mass is 32.1. The Morgan fingerprint density at radius 3 is 2.50 bits per heavy atom. The quantitative estimate of drug-likeness (QED) is 0.763. The van der Waals surface area contributed by atoms with E-state index in [1.54, 1.807) is 11.3 Å². The number of hydrogen-bond donors (Lipinski definition) is 2. The summed E-state index contributed by atoms with van der Waals surface area (Å²) in [6.45, 7) is 9.99. The van der Waals surface area contributed by atoms with Gasteiger partial charge in [0.05, 0.1) is 16.8 Å².